The van der Waals surface area contributed by atoms with Gasteiger partial charge in [0.05, 0.1) is 33.1 Å². The minimum Gasteiger partial charge on any atom is -0.497 e. The van der Waals surface area contributed by atoms with Crippen molar-refractivity contribution in [3.8, 4) is 5.75 Å². The lowest BCUT2D eigenvalue weighted by Gasteiger charge is -2.23. The summed E-state index contributed by atoms with van der Waals surface area (Å²) in [6, 6.07) is 12.9. The lowest BCUT2D eigenvalue weighted by Crippen LogP contribution is -2.37. The SMILES string of the molecule is COc1ccc(N(C(=O)c2cc([N+](=O)[O-])c(C)c([N+](=O)[O-])c2)S(=O)(=O)c2ccc(C)cc2)cc1. The van der Waals surface area contributed by atoms with Crippen molar-refractivity contribution in [2.24, 2.45) is 0 Å². The van der Waals surface area contributed by atoms with Crippen LogP contribution in [0.3, 0.4) is 0 Å². The molecular formula is C22H19N3O8S. The second-order valence-electron chi connectivity index (χ2n) is 7.24. The standard InChI is InChI=1S/C22H19N3O8S/c1-14-4-10-19(11-5-14)34(31,32)23(17-6-8-18(33-3)9-7-17)22(26)16-12-20(24(27)28)15(2)21(13-16)25(29)30/h4-13H,1-3H3. The molecule has 0 saturated carbocycles. The quantitative estimate of drug-likeness (QED) is 0.357. The molecule has 0 aliphatic carbocycles. The van der Waals surface area contributed by atoms with E-state index in [4.69, 9.17) is 4.74 Å². The first-order valence-electron chi connectivity index (χ1n) is 9.71. The maximum Gasteiger partial charge on any atom is 0.279 e. The van der Waals surface area contributed by atoms with Crippen LogP contribution in [-0.2, 0) is 10.0 Å². The number of hydrogen-bond donors (Lipinski definition) is 0. The molecule has 0 heterocycles. The number of sulfonamides is 1. The molecule has 0 bridgehead atoms. The van der Waals surface area contributed by atoms with Crippen LogP contribution in [0.2, 0.25) is 0 Å². The summed E-state index contributed by atoms with van der Waals surface area (Å²) in [4.78, 5) is 34.5. The van der Waals surface area contributed by atoms with Gasteiger partial charge in [0, 0.05) is 12.1 Å². The molecule has 0 spiro atoms. The average Bonchev–Trinajstić information content (AvgIpc) is 2.79. The third-order valence-corrected chi connectivity index (χ3v) is 6.77. The number of benzene rings is 3. The predicted octanol–water partition coefficient (Wildman–Crippen LogP) is 4.16. The van der Waals surface area contributed by atoms with Crippen LogP contribution < -0.4 is 9.04 Å². The van der Waals surface area contributed by atoms with Crippen LogP contribution in [0.25, 0.3) is 0 Å². The molecule has 11 nitrogen and oxygen atoms in total. The lowest BCUT2D eigenvalue weighted by molar-refractivity contribution is -0.395. The first kappa shape index (κ1) is 24.3. The zero-order chi connectivity index (χ0) is 25.2. The van der Waals surface area contributed by atoms with Crippen LogP contribution in [0.5, 0.6) is 5.75 Å². The van der Waals surface area contributed by atoms with E-state index in [1.54, 1.807) is 19.1 Å². The summed E-state index contributed by atoms with van der Waals surface area (Å²) in [5, 5.41) is 22.9. The number of amides is 1. The number of nitrogens with zero attached hydrogens (tertiary/aromatic N) is 3. The van der Waals surface area contributed by atoms with E-state index in [-0.39, 0.29) is 16.1 Å². The molecule has 3 aromatic rings. The van der Waals surface area contributed by atoms with E-state index in [0.29, 0.717) is 10.1 Å². The molecule has 0 unspecified atom stereocenters. The molecule has 3 rings (SSSR count). The molecule has 0 aliphatic heterocycles. The van der Waals surface area contributed by atoms with Crippen molar-refractivity contribution in [1.29, 1.82) is 0 Å². The zero-order valence-electron chi connectivity index (χ0n) is 18.3. The number of anilines is 1. The van der Waals surface area contributed by atoms with Gasteiger partial charge in [-0.3, -0.25) is 25.0 Å². The van der Waals surface area contributed by atoms with E-state index in [1.165, 1.54) is 50.4 Å². The van der Waals surface area contributed by atoms with Gasteiger partial charge in [0.25, 0.3) is 27.3 Å². The topological polar surface area (TPSA) is 150 Å². The fourth-order valence-corrected chi connectivity index (χ4v) is 4.62. The lowest BCUT2D eigenvalue weighted by atomic mass is 10.1. The molecule has 3 aromatic carbocycles. The summed E-state index contributed by atoms with van der Waals surface area (Å²) < 4.78 is 32.6. The summed E-state index contributed by atoms with van der Waals surface area (Å²) in [7, 11) is -3.10. The minimum atomic E-state index is -4.51. The molecule has 12 heteroatoms. The van der Waals surface area contributed by atoms with Gasteiger partial charge < -0.3 is 4.74 Å². The third kappa shape index (κ3) is 4.57. The molecule has 0 N–H and O–H groups in total. The number of carbonyl (C=O) groups excluding carboxylic acids is 1. The van der Waals surface area contributed by atoms with E-state index in [1.807, 2.05) is 0 Å². The van der Waals surface area contributed by atoms with E-state index in [9.17, 15) is 33.4 Å². The van der Waals surface area contributed by atoms with Crippen molar-refractivity contribution in [3.05, 3.63) is 97.6 Å². The van der Waals surface area contributed by atoms with Crippen molar-refractivity contribution in [2.75, 3.05) is 11.4 Å². The van der Waals surface area contributed by atoms with Gasteiger partial charge in [0.2, 0.25) is 0 Å². The molecule has 1 amide bonds. The fraction of sp³-hybridized carbons (Fsp3) is 0.136. The van der Waals surface area contributed by atoms with Crippen molar-refractivity contribution < 1.29 is 27.8 Å². The first-order chi connectivity index (χ1) is 16.0. The van der Waals surface area contributed by atoms with Gasteiger partial charge in [-0.05, 0) is 50.2 Å². The van der Waals surface area contributed by atoms with Crippen LogP contribution >= 0.6 is 0 Å². The van der Waals surface area contributed by atoms with Gasteiger partial charge in [-0.15, -0.1) is 0 Å². The number of nitro benzene ring substituents is 2. The highest BCUT2D eigenvalue weighted by Crippen LogP contribution is 2.33. The van der Waals surface area contributed by atoms with Crippen LogP contribution in [-0.4, -0.2) is 31.3 Å². The highest BCUT2D eigenvalue weighted by molar-refractivity contribution is 7.93. The Morgan fingerprint density at radius 2 is 1.38 bits per heavy atom. The molecule has 176 valence electrons. The van der Waals surface area contributed by atoms with Gasteiger partial charge in [-0.2, -0.15) is 4.31 Å². The first-order valence-corrected chi connectivity index (χ1v) is 11.1. The fourth-order valence-electron chi connectivity index (χ4n) is 3.20. The monoisotopic (exact) mass is 485 g/mol. The summed E-state index contributed by atoms with van der Waals surface area (Å²) in [5.41, 5.74) is -1.46. The molecule has 0 atom stereocenters. The molecule has 0 saturated heterocycles. The van der Waals surface area contributed by atoms with Crippen LogP contribution in [0, 0.1) is 34.1 Å². The molecule has 34 heavy (non-hydrogen) atoms. The summed E-state index contributed by atoms with van der Waals surface area (Å²) in [6.07, 6.45) is 0. The zero-order valence-corrected chi connectivity index (χ0v) is 19.1. The van der Waals surface area contributed by atoms with Crippen LogP contribution in [0.15, 0.2) is 65.6 Å². The van der Waals surface area contributed by atoms with Gasteiger partial charge in [-0.1, -0.05) is 17.7 Å². The van der Waals surface area contributed by atoms with Gasteiger partial charge >= 0.3 is 0 Å². The second-order valence-corrected chi connectivity index (χ2v) is 9.03. The molecular weight excluding hydrogens is 466 g/mol. The van der Waals surface area contributed by atoms with E-state index < -0.39 is 42.7 Å². The Morgan fingerprint density at radius 1 is 0.882 bits per heavy atom. The smallest absolute Gasteiger partial charge is 0.279 e. The van der Waals surface area contributed by atoms with Crippen LogP contribution in [0.4, 0.5) is 17.1 Å². The number of methoxy groups -OCH3 is 1. The van der Waals surface area contributed by atoms with Gasteiger partial charge in [0.1, 0.15) is 11.3 Å². The maximum atomic E-state index is 13.5. The van der Waals surface area contributed by atoms with Crippen molar-refractivity contribution in [1.82, 2.24) is 0 Å². The molecule has 0 fully saturated rings. The highest BCUT2D eigenvalue weighted by atomic mass is 32.2. The number of ether oxygens (including phenoxy) is 1. The Morgan fingerprint density at radius 3 is 1.82 bits per heavy atom. The Balaban J connectivity index is 2.26. The Bertz CT molecular complexity index is 1350. The predicted molar refractivity (Wildman–Crippen MR) is 123 cm³/mol. The second kappa shape index (κ2) is 9.27. The summed E-state index contributed by atoms with van der Waals surface area (Å²) in [5.74, 6) is -0.803. The minimum absolute atomic E-state index is 0.0859. The average molecular weight is 485 g/mol. The van der Waals surface area contributed by atoms with Crippen molar-refractivity contribution in [3.63, 3.8) is 0 Å². The Kier molecular flexibility index (Phi) is 6.63. The van der Waals surface area contributed by atoms with E-state index >= 15 is 0 Å². The molecule has 0 aliphatic rings. The van der Waals surface area contributed by atoms with Gasteiger partial charge in [0.15, 0.2) is 0 Å². The number of rotatable bonds is 7. The molecule has 0 radical (unpaired) electrons. The highest BCUT2D eigenvalue weighted by Gasteiger charge is 2.34. The molecule has 0 aromatic heterocycles. The largest absolute Gasteiger partial charge is 0.497 e. The summed E-state index contributed by atoms with van der Waals surface area (Å²) >= 11 is 0. The number of nitro groups is 2. The van der Waals surface area contributed by atoms with E-state index in [2.05, 4.69) is 0 Å². The summed E-state index contributed by atoms with van der Waals surface area (Å²) in [6.45, 7) is 2.93. The van der Waals surface area contributed by atoms with Crippen LogP contribution in [0.1, 0.15) is 21.5 Å². The number of carbonyl (C=O) groups is 1. The Labute approximate surface area is 194 Å². The third-order valence-electron chi connectivity index (χ3n) is 5.04. The van der Waals surface area contributed by atoms with E-state index in [0.717, 1.165) is 17.7 Å². The normalized spacial score (nSPS) is 11.0. The maximum absolute atomic E-state index is 13.5. The number of hydrogen-bond acceptors (Lipinski definition) is 8. The number of aryl methyl sites for hydroxylation is 1. The van der Waals surface area contributed by atoms with Crippen molar-refractivity contribution in [2.45, 2.75) is 18.7 Å². The van der Waals surface area contributed by atoms with Crippen molar-refractivity contribution >= 4 is 33.0 Å². The Hall–Kier alpha value is -4.32. The van der Waals surface area contributed by atoms with Gasteiger partial charge in [-0.25, -0.2) is 8.42 Å².